The highest BCUT2D eigenvalue weighted by molar-refractivity contribution is 5.87. The molecular formula is C14H16N4O. The first-order valence-corrected chi connectivity index (χ1v) is 6.39. The van der Waals surface area contributed by atoms with Crippen molar-refractivity contribution in [3.8, 4) is 0 Å². The molecule has 0 unspecified atom stereocenters. The van der Waals surface area contributed by atoms with E-state index in [1.165, 1.54) is 0 Å². The van der Waals surface area contributed by atoms with Crippen LogP contribution in [0, 0.1) is 0 Å². The van der Waals surface area contributed by atoms with E-state index in [1.807, 2.05) is 12.1 Å². The summed E-state index contributed by atoms with van der Waals surface area (Å²) in [5.74, 6) is 1.53. The zero-order valence-corrected chi connectivity index (χ0v) is 10.9. The van der Waals surface area contributed by atoms with E-state index in [9.17, 15) is 0 Å². The Kier molecular flexibility index (Phi) is 3.13. The molecule has 0 aromatic carbocycles. The second-order valence-corrected chi connectivity index (χ2v) is 4.60. The van der Waals surface area contributed by atoms with Crippen LogP contribution in [0.15, 0.2) is 24.9 Å². The largest absolute Gasteiger partial charge is 0.377 e. The fraction of sp³-hybridized carbons (Fsp3) is 0.357. The first kappa shape index (κ1) is 12.0. The minimum absolute atomic E-state index is 0.296. The molecule has 2 aromatic heterocycles. The number of ether oxygens (including phenoxy) is 1. The predicted molar refractivity (Wildman–Crippen MR) is 75.1 cm³/mol. The van der Waals surface area contributed by atoms with E-state index in [0.29, 0.717) is 17.5 Å². The zero-order valence-electron chi connectivity index (χ0n) is 10.9. The van der Waals surface area contributed by atoms with Gasteiger partial charge in [0.15, 0.2) is 11.5 Å². The van der Waals surface area contributed by atoms with Gasteiger partial charge in [0, 0.05) is 12.7 Å². The van der Waals surface area contributed by atoms with E-state index in [-0.39, 0.29) is 0 Å². The van der Waals surface area contributed by atoms with Gasteiger partial charge in [-0.05, 0) is 25.1 Å². The van der Waals surface area contributed by atoms with E-state index in [1.54, 1.807) is 12.3 Å². The maximum absolute atomic E-state index is 5.48. The van der Waals surface area contributed by atoms with Crippen molar-refractivity contribution in [3.63, 3.8) is 0 Å². The highest BCUT2D eigenvalue weighted by Gasteiger charge is 2.22. The van der Waals surface area contributed by atoms with Gasteiger partial charge in [0.25, 0.3) is 0 Å². The molecule has 19 heavy (non-hydrogen) atoms. The molecule has 1 atom stereocenters. The van der Waals surface area contributed by atoms with Crippen molar-refractivity contribution in [1.82, 2.24) is 15.0 Å². The molecule has 3 rings (SSSR count). The van der Waals surface area contributed by atoms with Crippen LogP contribution >= 0.6 is 0 Å². The third kappa shape index (κ3) is 2.17. The molecule has 0 aliphatic carbocycles. The second-order valence-electron chi connectivity index (χ2n) is 4.60. The lowest BCUT2D eigenvalue weighted by atomic mass is 10.2. The maximum atomic E-state index is 5.48. The first-order chi connectivity index (χ1) is 9.29. The smallest absolute Gasteiger partial charge is 0.165 e. The lowest BCUT2D eigenvalue weighted by Gasteiger charge is -2.34. The average molecular weight is 256 g/mol. The van der Waals surface area contributed by atoms with Crippen molar-refractivity contribution in [2.45, 2.75) is 13.0 Å². The van der Waals surface area contributed by atoms with Gasteiger partial charge in [-0.1, -0.05) is 6.58 Å². The number of pyridine rings is 1. The number of rotatable bonds is 2. The Balaban J connectivity index is 2.17. The van der Waals surface area contributed by atoms with Crippen LogP contribution in [0.2, 0.25) is 0 Å². The van der Waals surface area contributed by atoms with E-state index in [0.717, 1.165) is 31.0 Å². The summed E-state index contributed by atoms with van der Waals surface area (Å²) in [5.41, 5.74) is 0.709. The van der Waals surface area contributed by atoms with Crippen molar-refractivity contribution in [3.05, 3.63) is 30.7 Å². The molecule has 1 aliphatic heterocycles. The summed E-state index contributed by atoms with van der Waals surface area (Å²) in [5, 5.41) is 0.974. The van der Waals surface area contributed by atoms with Crippen molar-refractivity contribution < 1.29 is 4.74 Å². The van der Waals surface area contributed by atoms with Gasteiger partial charge in [0.2, 0.25) is 0 Å². The first-order valence-electron chi connectivity index (χ1n) is 6.39. The molecule has 0 radical (unpaired) electrons. The molecule has 5 heteroatoms. The Morgan fingerprint density at radius 1 is 1.47 bits per heavy atom. The van der Waals surface area contributed by atoms with Crippen molar-refractivity contribution in [1.29, 1.82) is 0 Å². The molecular weight excluding hydrogens is 240 g/mol. The Hall–Kier alpha value is -2.01. The Morgan fingerprint density at radius 2 is 2.37 bits per heavy atom. The number of fused-ring (bicyclic) bond motifs is 1. The van der Waals surface area contributed by atoms with Crippen LogP contribution in [-0.2, 0) is 4.74 Å². The van der Waals surface area contributed by atoms with Crippen LogP contribution < -0.4 is 4.90 Å². The minimum atomic E-state index is 0.296. The molecule has 98 valence electrons. The number of aromatic nitrogens is 3. The van der Waals surface area contributed by atoms with E-state index >= 15 is 0 Å². The number of nitrogens with zero attached hydrogens (tertiary/aromatic N) is 4. The third-order valence-corrected chi connectivity index (χ3v) is 3.29. The quantitative estimate of drug-likeness (QED) is 0.821. The third-order valence-electron chi connectivity index (χ3n) is 3.29. The number of hydrogen-bond acceptors (Lipinski definition) is 5. The van der Waals surface area contributed by atoms with Gasteiger partial charge in [0.1, 0.15) is 5.82 Å². The molecule has 3 heterocycles. The molecule has 0 spiro atoms. The van der Waals surface area contributed by atoms with Crippen molar-refractivity contribution in [2.24, 2.45) is 0 Å². The van der Waals surface area contributed by atoms with E-state index < -0.39 is 0 Å². The van der Waals surface area contributed by atoms with Gasteiger partial charge in [-0.2, -0.15) is 0 Å². The summed E-state index contributed by atoms with van der Waals surface area (Å²) in [6.07, 6.45) is 3.40. The summed E-state index contributed by atoms with van der Waals surface area (Å²) in [7, 11) is 0. The molecule has 1 saturated heterocycles. The predicted octanol–water partition coefficient (Wildman–Crippen LogP) is 1.89. The van der Waals surface area contributed by atoms with Crippen LogP contribution in [0.3, 0.4) is 0 Å². The summed E-state index contributed by atoms with van der Waals surface area (Å²) in [6, 6.07) is 4.21. The SMILES string of the molecule is C=Cc1nc(N2CCOC[C@@H]2C)c2cccnc2n1. The van der Waals surface area contributed by atoms with Crippen molar-refractivity contribution in [2.75, 3.05) is 24.7 Å². The minimum Gasteiger partial charge on any atom is -0.377 e. The van der Waals surface area contributed by atoms with Gasteiger partial charge < -0.3 is 9.64 Å². The molecule has 0 saturated carbocycles. The highest BCUT2D eigenvalue weighted by atomic mass is 16.5. The maximum Gasteiger partial charge on any atom is 0.165 e. The lowest BCUT2D eigenvalue weighted by molar-refractivity contribution is 0.0987. The zero-order chi connectivity index (χ0) is 13.2. The second kappa shape index (κ2) is 4.93. The van der Waals surface area contributed by atoms with E-state index in [2.05, 4.69) is 33.4 Å². The molecule has 0 amide bonds. The number of anilines is 1. The molecule has 2 aromatic rings. The van der Waals surface area contributed by atoms with Gasteiger partial charge in [-0.25, -0.2) is 15.0 Å². The molecule has 0 bridgehead atoms. The van der Waals surface area contributed by atoms with Crippen LogP contribution in [0.5, 0.6) is 0 Å². The van der Waals surface area contributed by atoms with Gasteiger partial charge >= 0.3 is 0 Å². The monoisotopic (exact) mass is 256 g/mol. The Labute approximate surface area is 112 Å². The molecule has 5 nitrogen and oxygen atoms in total. The highest BCUT2D eigenvalue weighted by Crippen LogP contribution is 2.25. The van der Waals surface area contributed by atoms with Crippen LogP contribution in [0.4, 0.5) is 5.82 Å². The van der Waals surface area contributed by atoms with E-state index in [4.69, 9.17) is 4.74 Å². The molecule has 0 N–H and O–H groups in total. The van der Waals surface area contributed by atoms with Gasteiger partial charge in [-0.15, -0.1) is 0 Å². The Morgan fingerprint density at radius 3 is 3.16 bits per heavy atom. The van der Waals surface area contributed by atoms with Crippen molar-refractivity contribution >= 4 is 22.9 Å². The topological polar surface area (TPSA) is 51.1 Å². The summed E-state index contributed by atoms with van der Waals surface area (Å²) in [6.45, 7) is 8.15. The standard InChI is InChI=1S/C14H16N4O/c1-3-12-16-13-11(5-4-6-15-13)14(17-12)18-7-8-19-9-10(18)2/h3-6,10H,1,7-9H2,2H3/t10-/m0/s1. The van der Waals surface area contributed by atoms with Crippen LogP contribution in [0.1, 0.15) is 12.7 Å². The summed E-state index contributed by atoms with van der Waals surface area (Å²) >= 11 is 0. The molecule has 1 aliphatic rings. The lowest BCUT2D eigenvalue weighted by Crippen LogP contribution is -2.44. The van der Waals surface area contributed by atoms with Crippen LogP contribution in [0.25, 0.3) is 17.1 Å². The fourth-order valence-corrected chi connectivity index (χ4v) is 2.31. The molecule has 1 fully saturated rings. The Bertz CT molecular complexity index is 613. The van der Waals surface area contributed by atoms with Gasteiger partial charge in [0.05, 0.1) is 24.6 Å². The average Bonchev–Trinajstić information content (AvgIpc) is 2.46. The van der Waals surface area contributed by atoms with Crippen LogP contribution in [-0.4, -0.2) is 40.8 Å². The summed E-state index contributed by atoms with van der Waals surface area (Å²) in [4.78, 5) is 15.5. The number of hydrogen-bond donors (Lipinski definition) is 0. The fourth-order valence-electron chi connectivity index (χ4n) is 2.31. The van der Waals surface area contributed by atoms with Gasteiger partial charge in [-0.3, -0.25) is 0 Å². The number of morpholine rings is 1. The normalized spacial score (nSPS) is 19.6. The summed E-state index contributed by atoms with van der Waals surface area (Å²) < 4.78 is 5.48.